The fraction of sp³-hybridized carbons (Fsp3) is 0.385. The molecule has 1 amide bonds. The molecule has 1 fully saturated rings. The Bertz CT molecular complexity index is 1000. The van der Waals surface area contributed by atoms with Crippen molar-refractivity contribution in [1.82, 2.24) is 20.1 Å². The van der Waals surface area contributed by atoms with Crippen molar-refractivity contribution in [1.29, 1.82) is 0 Å². The van der Waals surface area contributed by atoms with E-state index in [4.69, 9.17) is 4.74 Å². The Morgan fingerprint density at radius 2 is 1.71 bits per heavy atom. The lowest BCUT2D eigenvalue weighted by Gasteiger charge is -2.26. The minimum absolute atomic E-state index is 0.139. The third kappa shape index (κ3) is 7.43. The molecule has 4 rings (SSSR count). The van der Waals surface area contributed by atoms with Crippen LogP contribution < -0.4 is 5.32 Å². The van der Waals surface area contributed by atoms with E-state index >= 15 is 0 Å². The number of aryl methyl sites for hydroxylation is 1. The highest BCUT2D eigenvalue weighted by molar-refractivity contribution is 7.09. The molecule has 0 saturated carbocycles. The van der Waals surface area contributed by atoms with Gasteiger partial charge in [0.15, 0.2) is 0 Å². The van der Waals surface area contributed by atoms with Gasteiger partial charge in [-0.3, -0.25) is 14.6 Å². The maximum Gasteiger partial charge on any atom is 0.270 e. The predicted molar refractivity (Wildman–Crippen MR) is 132 cm³/mol. The second-order valence-corrected chi connectivity index (χ2v) is 9.54. The molecule has 0 atom stereocenters. The highest BCUT2D eigenvalue weighted by Gasteiger charge is 2.15. The fourth-order valence-corrected chi connectivity index (χ4v) is 4.70. The van der Waals surface area contributed by atoms with Crippen molar-refractivity contribution in [2.24, 2.45) is 0 Å². The fourth-order valence-electron chi connectivity index (χ4n) is 3.89. The molecule has 8 heteroatoms. The van der Waals surface area contributed by atoms with Gasteiger partial charge in [-0.25, -0.2) is 9.37 Å². The molecule has 180 valence electrons. The van der Waals surface area contributed by atoms with E-state index in [2.05, 4.69) is 51.3 Å². The monoisotopic (exact) mass is 482 g/mol. The summed E-state index contributed by atoms with van der Waals surface area (Å²) in [5, 5.41) is 5.68. The van der Waals surface area contributed by atoms with Gasteiger partial charge in [0.2, 0.25) is 0 Å². The first-order chi connectivity index (χ1) is 16.5. The number of halogens is 1. The van der Waals surface area contributed by atoms with E-state index in [1.165, 1.54) is 34.6 Å². The number of carbonyl (C=O) groups is 1. The van der Waals surface area contributed by atoms with Gasteiger partial charge in [0.25, 0.3) is 5.91 Å². The number of nitrogens with one attached hydrogen (secondary N) is 1. The lowest BCUT2D eigenvalue weighted by atomic mass is 10.1. The summed E-state index contributed by atoms with van der Waals surface area (Å²) in [5.74, 6) is -0.377. The summed E-state index contributed by atoms with van der Waals surface area (Å²) < 4.78 is 18.7. The highest BCUT2D eigenvalue weighted by Crippen LogP contribution is 2.18. The summed E-state index contributed by atoms with van der Waals surface area (Å²) in [7, 11) is 0. The number of amides is 1. The van der Waals surface area contributed by atoms with Crippen LogP contribution in [0.15, 0.2) is 53.9 Å². The van der Waals surface area contributed by atoms with Crippen molar-refractivity contribution in [3.63, 3.8) is 0 Å². The predicted octanol–water partition coefficient (Wildman–Crippen LogP) is 3.86. The molecule has 1 aliphatic rings. The second kappa shape index (κ2) is 12.2. The Morgan fingerprint density at radius 1 is 1.06 bits per heavy atom. The number of hydrogen-bond donors (Lipinski definition) is 1. The third-order valence-corrected chi connectivity index (χ3v) is 6.64. The average molecular weight is 483 g/mol. The van der Waals surface area contributed by atoms with Crippen LogP contribution in [0.4, 0.5) is 4.39 Å². The summed E-state index contributed by atoms with van der Waals surface area (Å²) in [6.45, 7) is 8.79. The van der Waals surface area contributed by atoms with Crippen LogP contribution in [0.5, 0.6) is 0 Å². The number of carbonyl (C=O) groups excluding carboxylic acids is 1. The van der Waals surface area contributed by atoms with E-state index in [1.807, 2.05) is 17.5 Å². The standard InChI is InChI=1S/C26H31FN4O2S/c1-20-2-4-21(5-3-20)16-31(17-22-6-8-23(27)9-7-22)18-25-29-24(19-34-25)26(32)28-10-11-30-12-14-33-15-13-30/h2-9,19H,10-18H2,1H3,(H,28,32). The molecule has 1 N–H and O–H groups in total. The van der Waals surface area contributed by atoms with E-state index < -0.39 is 0 Å². The SMILES string of the molecule is Cc1ccc(CN(Cc2ccc(F)cc2)Cc2nc(C(=O)NCCN3CCOCC3)cs2)cc1. The van der Waals surface area contributed by atoms with Crippen molar-refractivity contribution in [2.45, 2.75) is 26.6 Å². The lowest BCUT2D eigenvalue weighted by Crippen LogP contribution is -2.41. The van der Waals surface area contributed by atoms with Gasteiger partial charge in [-0.15, -0.1) is 11.3 Å². The van der Waals surface area contributed by atoms with Crippen LogP contribution in [-0.4, -0.2) is 60.1 Å². The largest absolute Gasteiger partial charge is 0.379 e. The van der Waals surface area contributed by atoms with Gasteiger partial charge in [-0.2, -0.15) is 0 Å². The number of nitrogens with zero attached hydrogens (tertiary/aromatic N) is 3. The van der Waals surface area contributed by atoms with Crippen LogP contribution >= 0.6 is 11.3 Å². The zero-order valence-electron chi connectivity index (χ0n) is 19.5. The van der Waals surface area contributed by atoms with Crippen LogP contribution in [0.25, 0.3) is 0 Å². The van der Waals surface area contributed by atoms with E-state index in [1.54, 1.807) is 0 Å². The van der Waals surface area contributed by atoms with E-state index in [0.717, 1.165) is 50.0 Å². The summed E-state index contributed by atoms with van der Waals surface area (Å²) in [6.07, 6.45) is 0. The first-order valence-corrected chi connectivity index (χ1v) is 12.5. The normalized spacial score (nSPS) is 14.4. The van der Waals surface area contributed by atoms with Crippen molar-refractivity contribution < 1.29 is 13.9 Å². The van der Waals surface area contributed by atoms with Crippen LogP contribution in [0, 0.1) is 12.7 Å². The van der Waals surface area contributed by atoms with E-state index in [-0.39, 0.29) is 11.7 Å². The molecule has 6 nitrogen and oxygen atoms in total. The molecule has 2 heterocycles. The average Bonchev–Trinajstić information content (AvgIpc) is 3.31. The molecule has 0 radical (unpaired) electrons. The van der Waals surface area contributed by atoms with Gasteiger partial charge in [0.1, 0.15) is 16.5 Å². The number of rotatable bonds is 10. The summed E-state index contributed by atoms with van der Waals surface area (Å²) in [4.78, 5) is 21.7. The van der Waals surface area contributed by atoms with Crippen molar-refractivity contribution >= 4 is 17.2 Å². The van der Waals surface area contributed by atoms with Gasteiger partial charge >= 0.3 is 0 Å². The molecule has 0 bridgehead atoms. The Kier molecular flexibility index (Phi) is 8.76. The molecule has 0 unspecified atom stereocenters. The minimum atomic E-state index is -0.238. The third-order valence-electron chi connectivity index (χ3n) is 5.81. The van der Waals surface area contributed by atoms with E-state index in [9.17, 15) is 9.18 Å². The summed E-state index contributed by atoms with van der Waals surface area (Å²) >= 11 is 1.49. The van der Waals surface area contributed by atoms with Crippen LogP contribution in [0.1, 0.15) is 32.2 Å². The molecule has 2 aromatic carbocycles. The zero-order chi connectivity index (χ0) is 23.8. The van der Waals surface area contributed by atoms with Gasteiger partial charge in [-0.05, 0) is 30.2 Å². The minimum Gasteiger partial charge on any atom is -0.379 e. The summed E-state index contributed by atoms with van der Waals surface area (Å²) in [5.41, 5.74) is 3.91. The topological polar surface area (TPSA) is 57.7 Å². The molecule has 34 heavy (non-hydrogen) atoms. The van der Waals surface area contributed by atoms with Crippen molar-refractivity contribution in [3.05, 3.63) is 87.1 Å². The van der Waals surface area contributed by atoms with Crippen LogP contribution in [0.2, 0.25) is 0 Å². The van der Waals surface area contributed by atoms with Gasteiger partial charge in [0.05, 0.1) is 19.8 Å². The van der Waals surface area contributed by atoms with Gasteiger partial charge < -0.3 is 10.1 Å². The highest BCUT2D eigenvalue weighted by atomic mass is 32.1. The van der Waals surface area contributed by atoms with Crippen molar-refractivity contribution in [3.8, 4) is 0 Å². The van der Waals surface area contributed by atoms with E-state index in [0.29, 0.717) is 25.3 Å². The lowest BCUT2D eigenvalue weighted by molar-refractivity contribution is 0.0383. The molecule has 3 aromatic rings. The maximum absolute atomic E-state index is 13.4. The molecule has 1 aromatic heterocycles. The Hall–Kier alpha value is -2.65. The number of ether oxygens (including phenoxy) is 1. The number of hydrogen-bond acceptors (Lipinski definition) is 6. The van der Waals surface area contributed by atoms with Crippen molar-refractivity contribution in [2.75, 3.05) is 39.4 Å². The van der Waals surface area contributed by atoms with Crippen LogP contribution in [0.3, 0.4) is 0 Å². The van der Waals surface area contributed by atoms with Gasteiger partial charge in [0, 0.05) is 44.6 Å². The quantitative estimate of drug-likeness (QED) is 0.476. The number of morpholine rings is 1. The number of benzene rings is 2. The first-order valence-electron chi connectivity index (χ1n) is 11.6. The second-order valence-electron chi connectivity index (χ2n) is 8.59. The summed E-state index contributed by atoms with van der Waals surface area (Å²) in [6, 6.07) is 15.1. The molecule has 1 aliphatic heterocycles. The molecular formula is C26H31FN4O2S. The van der Waals surface area contributed by atoms with Crippen LogP contribution in [-0.2, 0) is 24.4 Å². The number of aromatic nitrogens is 1. The zero-order valence-corrected chi connectivity index (χ0v) is 20.3. The molecule has 1 saturated heterocycles. The molecular weight excluding hydrogens is 451 g/mol. The Labute approximate surface area is 204 Å². The molecule has 0 spiro atoms. The molecule has 0 aliphatic carbocycles. The first kappa shape index (κ1) is 24.5. The smallest absolute Gasteiger partial charge is 0.270 e. The number of thiazole rings is 1. The Balaban J connectivity index is 1.36. The Morgan fingerprint density at radius 3 is 2.38 bits per heavy atom. The van der Waals surface area contributed by atoms with Gasteiger partial charge in [-0.1, -0.05) is 42.0 Å². The maximum atomic E-state index is 13.4.